The normalized spacial score (nSPS) is 24.0. The molecular formula is C28H41N5O4S. The molecule has 38 heavy (non-hydrogen) atoms. The first-order chi connectivity index (χ1) is 18.0. The minimum atomic E-state index is -3.68. The predicted octanol–water partition coefficient (Wildman–Crippen LogP) is 4.09. The molecule has 1 aliphatic carbocycles. The summed E-state index contributed by atoms with van der Waals surface area (Å²) in [6.07, 6.45) is 9.31. The van der Waals surface area contributed by atoms with Crippen molar-refractivity contribution >= 4 is 39.6 Å². The number of carbonyl (C=O) groups is 2. The van der Waals surface area contributed by atoms with Crippen LogP contribution in [0.5, 0.6) is 0 Å². The van der Waals surface area contributed by atoms with Crippen LogP contribution in [0.15, 0.2) is 22.5 Å². The monoisotopic (exact) mass is 543 g/mol. The van der Waals surface area contributed by atoms with Crippen LogP contribution >= 0.6 is 0 Å². The van der Waals surface area contributed by atoms with Gasteiger partial charge in [-0.1, -0.05) is 32.6 Å². The number of amides is 3. The number of sulfonamides is 1. The maximum Gasteiger partial charge on any atom is 0.318 e. The van der Waals surface area contributed by atoms with Gasteiger partial charge >= 0.3 is 6.03 Å². The van der Waals surface area contributed by atoms with Gasteiger partial charge in [0, 0.05) is 37.2 Å². The van der Waals surface area contributed by atoms with Crippen LogP contribution in [-0.4, -0.2) is 56.2 Å². The molecule has 2 aliphatic heterocycles. The summed E-state index contributed by atoms with van der Waals surface area (Å²) in [4.78, 5) is 30.8. The summed E-state index contributed by atoms with van der Waals surface area (Å²) in [7, 11) is -2.09. The lowest BCUT2D eigenvalue weighted by Crippen LogP contribution is -2.50. The van der Waals surface area contributed by atoms with Crippen molar-refractivity contribution in [3.8, 4) is 0 Å². The Morgan fingerprint density at radius 1 is 1.24 bits per heavy atom. The Kier molecular flexibility index (Phi) is 8.32. The fourth-order valence-corrected chi connectivity index (χ4v) is 7.34. The second kappa shape index (κ2) is 11.2. The lowest BCUT2D eigenvalue weighted by Gasteiger charge is -2.34. The number of rotatable bonds is 7. The molecular weight excluding hydrogens is 502 g/mol. The van der Waals surface area contributed by atoms with Crippen LogP contribution in [0, 0.1) is 25.7 Å². The van der Waals surface area contributed by atoms with Crippen molar-refractivity contribution in [2.45, 2.75) is 77.7 Å². The van der Waals surface area contributed by atoms with Crippen molar-refractivity contribution in [1.82, 2.24) is 9.62 Å². The smallest absolute Gasteiger partial charge is 0.318 e. The molecule has 1 spiro atoms. The van der Waals surface area contributed by atoms with Gasteiger partial charge in [-0.25, -0.2) is 13.2 Å². The van der Waals surface area contributed by atoms with Crippen molar-refractivity contribution in [1.29, 1.82) is 0 Å². The number of aryl methyl sites for hydroxylation is 2. The summed E-state index contributed by atoms with van der Waals surface area (Å²) in [5.74, 6) is 1.74. The van der Waals surface area contributed by atoms with Crippen LogP contribution in [0.1, 0.15) is 75.0 Å². The number of nitrogens with one attached hydrogen (secondary N) is 1. The molecule has 3 aliphatic rings. The van der Waals surface area contributed by atoms with Crippen LogP contribution in [0.2, 0.25) is 0 Å². The van der Waals surface area contributed by atoms with E-state index in [-0.39, 0.29) is 19.0 Å². The number of aliphatic imine (C=N–C) groups is 1. The molecule has 4 rings (SSSR count). The lowest BCUT2D eigenvalue weighted by molar-refractivity contribution is -0.125. The molecule has 0 unspecified atom stereocenters. The number of anilines is 1. The fourth-order valence-electron chi connectivity index (χ4n) is 6.17. The largest absolute Gasteiger partial charge is 0.351 e. The number of nitrogens with two attached hydrogens (primary N) is 1. The van der Waals surface area contributed by atoms with Crippen molar-refractivity contribution in [2.75, 3.05) is 25.0 Å². The minimum absolute atomic E-state index is 0.0787. The van der Waals surface area contributed by atoms with E-state index in [1.165, 1.54) is 40.3 Å². The molecule has 1 saturated carbocycles. The maximum atomic E-state index is 13.2. The molecule has 1 aromatic rings. The number of piperidine rings is 1. The van der Waals surface area contributed by atoms with Gasteiger partial charge in [0.1, 0.15) is 11.4 Å². The third kappa shape index (κ3) is 5.81. The second-order valence-corrected chi connectivity index (χ2v) is 13.0. The topological polar surface area (TPSA) is 125 Å². The van der Waals surface area contributed by atoms with Gasteiger partial charge in [0.15, 0.2) is 0 Å². The van der Waals surface area contributed by atoms with E-state index in [9.17, 15) is 18.0 Å². The van der Waals surface area contributed by atoms with E-state index in [2.05, 4.69) is 12.2 Å². The molecule has 2 atom stereocenters. The van der Waals surface area contributed by atoms with Crippen LogP contribution in [0.3, 0.4) is 0 Å². The van der Waals surface area contributed by atoms with E-state index < -0.39 is 21.6 Å². The van der Waals surface area contributed by atoms with Crippen LogP contribution in [-0.2, 0) is 14.8 Å². The minimum Gasteiger partial charge on any atom is -0.351 e. The third-order valence-electron chi connectivity index (χ3n) is 8.48. The second-order valence-electron chi connectivity index (χ2n) is 11.1. The zero-order chi connectivity index (χ0) is 27.7. The average Bonchev–Trinajstić information content (AvgIpc) is 3.18. The van der Waals surface area contributed by atoms with Gasteiger partial charge < -0.3 is 11.1 Å². The van der Waals surface area contributed by atoms with Gasteiger partial charge in [-0.2, -0.15) is 4.31 Å². The zero-order valence-corrected chi connectivity index (χ0v) is 23.8. The molecule has 9 nitrogen and oxygen atoms in total. The third-order valence-corrected chi connectivity index (χ3v) is 10.0. The Balaban J connectivity index is 1.43. The van der Waals surface area contributed by atoms with Crippen molar-refractivity contribution < 1.29 is 18.0 Å². The molecule has 3 amide bonds. The first-order valence-corrected chi connectivity index (χ1v) is 15.2. The zero-order valence-electron chi connectivity index (χ0n) is 23.0. The van der Waals surface area contributed by atoms with Crippen LogP contribution < -0.4 is 16.0 Å². The van der Waals surface area contributed by atoms with E-state index in [1.54, 1.807) is 25.3 Å². The highest BCUT2D eigenvalue weighted by molar-refractivity contribution is 7.92. The van der Waals surface area contributed by atoms with Crippen molar-refractivity contribution in [2.24, 2.45) is 22.6 Å². The van der Waals surface area contributed by atoms with Crippen molar-refractivity contribution in [3.63, 3.8) is 0 Å². The molecule has 208 valence electrons. The summed E-state index contributed by atoms with van der Waals surface area (Å²) in [6, 6.07) is 3.05. The first-order valence-electron chi connectivity index (χ1n) is 13.7. The molecule has 0 radical (unpaired) electrons. The highest BCUT2D eigenvalue weighted by atomic mass is 32.2. The summed E-state index contributed by atoms with van der Waals surface area (Å²) in [5, 5.41) is 4.31. The van der Waals surface area contributed by atoms with E-state index in [0.717, 1.165) is 35.4 Å². The Labute approximate surface area is 226 Å². The Morgan fingerprint density at radius 3 is 2.50 bits per heavy atom. The molecule has 2 fully saturated rings. The predicted molar refractivity (Wildman–Crippen MR) is 151 cm³/mol. The number of hydrogen-bond acceptors (Lipinski definition) is 5. The van der Waals surface area contributed by atoms with Gasteiger partial charge in [-0.05, 0) is 80.3 Å². The number of hydrogen-bond donors (Lipinski definition) is 2. The number of nitrogens with zero attached hydrogens (tertiary/aromatic N) is 3. The van der Waals surface area contributed by atoms with E-state index in [0.29, 0.717) is 30.4 Å². The Hall–Kier alpha value is -2.72. The first kappa shape index (κ1) is 28.3. The number of carbonyl (C=O) groups excluding carboxylic acids is 2. The highest BCUT2D eigenvalue weighted by Gasteiger charge is 2.48. The molecule has 0 aromatic heterocycles. The Bertz CT molecular complexity index is 1220. The standard InChI is InChI=1S/C28H41N5O4S/c1-5-7-21-8-6-9-22(18-21)25-30-26(34)28(31-25)11-13-33(14-12-28)38(36,37)15-10-24-19(2)16-23(17-20(24)3)32(4)27(29)35/h10,15-17,21-22H,5-9,11-14,18H2,1-4H3,(H2,29,35)(H,30,31,34)/b15-10+/t21-,22+/m1/s1. The fraction of sp³-hybridized carbons (Fsp3) is 0.607. The molecule has 3 N–H and O–H groups in total. The summed E-state index contributed by atoms with van der Waals surface area (Å²) >= 11 is 0. The molecule has 2 heterocycles. The van der Waals surface area contributed by atoms with Gasteiger partial charge in [0.25, 0.3) is 5.91 Å². The quantitative estimate of drug-likeness (QED) is 0.537. The number of urea groups is 1. The van der Waals surface area contributed by atoms with Crippen LogP contribution in [0.25, 0.3) is 6.08 Å². The number of amidine groups is 1. The molecule has 1 saturated heterocycles. The SMILES string of the molecule is CCC[C@@H]1CCC[C@H](C2=NC3(CCN(S(=O)(=O)/C=C/c4c(C)cc(N(C)C(N)=O)cc4C)CC3)C(=O)N2)C1. The molecule has 10 heteroatoms. The van der Waals surface area contributed by atoms with Gasteiger partial charge in [-0.3, -0.25) is 14.7 Å². The molecule has 0 bridgehead atoms. The van der Waals surface area contributed by atoms with Crippen LogP contribution in [0.4, 0.5) is 10.5 Å². The summed E-state index contributed by atoms with van der Waals surface area (Å²) < 4.78 is 27.8. The maximum absolute atomic E-state index is 13.2. The van der Waals surface area contributed by atoms with Gasteiger partial charge in [-0.15, -0.1) is 0 Å². The van der Waals surface area contributed by atoms with Gasteiger partial charge in [0.2, 0.25) is 10.0 Å². The van der Waals surface area contributed by atoms with Crippen molar-refractivity contribution in [3.05, 3.63) is 34.2 Å². The molecule has 1 aromatic carbocycles. The number of primary amides is 1. The highest BCUT2D eigenvalue weighted by Crippen LogP contribution is 2.37. The van der Waals surface area contributed by atoms with E-state index >= 15 is 0 Å². The summed E-state index contributed by atoms with van der Waals surface area (Å²) in [5.41, 5.74) is 7.63. The van der Waals surface area contributed by atoms with Gasteiger partial charge in [0.05, 0.1) is 0 Å². The van der Waals surface area contributed by atoms with E-state index in [4.69, 9.17) is 10.7 Å². The van der Waals surface area contributed by atoms with E-state index in [1.807, 2.05) is 13.8 Å². The summed E-state index contributed by atoms with van der Waals surface area (Å²) in [6.45, 7) is 6.45. The Morgan fingerprint density at radius 2 is 1.89 bits per heavy atom. The lowest BCUT2D eigenvalue weighted by atomic mass is 9.79. The average molecular weight is 544 g/mol. The number of benzene rings is 1.